The van der Waals surface area contributed by atoms with Crippen molar-refractivity contribution in [3.8, 4) is 0 Å². The first-order chi connectivity index (χ1) is 9.67. The molecule has 0 atom stereocenters. The van der Waals surface area contributed by atoms with E-state index in [4.69, 9.17) is 4.74 Å². The Morgan fingerprint density at radius 3 is 2.95 bits per heavy atom. The highest BCUT2D eigenvalue weighted by Crippen LogP contribution is 2.41. The lowest BCUT2D eigenvalue weighted by atomic mass is 10.1. The van der Waals surface area contributed by atoms with Gasteiger partial charge in [-0.1, -0.05) is 15.9 Å². The Hall–Kier alpha value is -1.62. The second-order valence-corrected chi connectivity index (χ2v) is 5.79. The first-order valence-electron chi connectivity index (χ1n) is 6.71. The molecule has 0 aliphatic heterocycles. The molecule has 1 aliphatic rings. The van der Waals surface area contributed by atoms with Gasteiger partial charge in [0, 0.05) is 21.5 Å². The number of nitrogens with one attached hydrogen (secondary N) is 1. The predicted octanol–water partition coefficient (Wildman–Crippen LogP) is 4.44. The van der Waals surface area contributed by atoms with Crippen LogP contribution in [0.2, 0.25) is 0 Å². The Kier molecular flexibility index (Phi) is 3.61. The smallest absolute Gasteiger partial charge is 0.411 e. The van der Waals surface area contributed by atoms with Crippen molar-refractivity contribution in [2.45, 2.75) is 25.7 Å². The zero-order valence-corrected chi connectivity index (χ0v) is 12.7. The molecule has 5 heteroatoms. The summed E-state index contributed by atoms with van der Waals surface area (Å²) in [4.78, 5) is 16.4. The Morgan fingerprint density at radius 1 is 1.45 bits per heavy atom. The molecule has 0 spiro atoms. The number of benzene rings is 1. The number of anilines is 1. The van der Waals surface area contributed by atoms with Crippen LogP contribution < -0.4 is 5.32 Å². The number of hydrogen-bond acceptors (Lipinski definition) is 3. The Morgan fingerprint density at radius 2 is 2.25 bits per heavy atom. The van der Waals surface area contributed by atoms with Crippen molar-refractivity contribution in [2.75, 3.05) is 11.9 Å². The largest absolute Gasteiger partial charge is 0.450 e. The molecule has 1 aromatic heterocycles. The fraction of sp³-hybridized carbons (Fsp3) is 0.333. The minimum Gasteiger partial charge on any atom is -0.450 e. The van der Waals surface area contributed by atoms with Gasteiger partial charge in [0.1, 0.15) is 0 Å². The summed E-state index contributed by atoms with van der Waals surface area (Å²) >= 11 is 3.45. The van der Waals surface area contributed by atoms with Gasteiger partial charge in [-0.2, -0.15) is 0 Å². The maximum Gasteiger partial charge on any atom is 0.411 e. The molecule has 1 amide bonds. The first kappa shape index (κ1) is 13.4. The second-order valence-electron chi connectivity index (χ2n) is 4.88. The normalized spacial score (nSPS) is 14.3. The number of nitrogens with zero attached hydrogens (tertiary/aromatic N) is 1. The van der Waals surface area contributed by atoms with E-state index in [9.17, 15) is 4.79 Å². The molecule has 1 fully saturated rings. The molecule has 0 radical (unpaired) electrons. The van der Waals surface area contributed by atoms with Crippen molar-refractivity contribution < 1.29 is 9.53 Å². The van der Waals surface area contributed by atoms with Gasteiger partial charge in [0.05, 0.1) is 17.8 Å². The molecule has 1 saturated carbocycles. The van der Waals surface area contributed by atoms with E-state index in [2.05, 4.69) is 26.2 Å². The number of aromatic nitrogens is 1. The standard InChI is InChI=1S/C15H15BrN2O2/c1-2-20-15(19)18-14-8-13(9-3-4-9)17-12-6-5-10(16)7-11(12)14/h5-9H,2-4H2,1H3,(H,17,18,19). The molecule has 4 nitrogen and oxygen atoms in total. The number of carbonyl (C=O) groups excluding carboxylic acids is 1. The van der Waals surface area contributed by atoms with Gasteiger partial charge in [0.25, 0.3) is 0 Å². The zero-order chi connectivity index (χ0) is 14.1. The average Bonchev–Trinajstić information content (AvgIpc) is 3.23. The monoisotopic (exact) mass is 334 g/mol. The maximum atomic E-state index is 11.7. The quantitative estimate of drug-likeness (QED) is 0.902. The number of pyridine rings is 1. The summed E-state index contributed by atoms with van der Waals surface area (Å²) in [5.41, 5.74) is 2.70. The number of halogens is 1. The summed E-state index contributed by atoms with van der Waals surface area (Å²) in [5, 5.41) is 3.73. The summed E-state index contributed by atoms with van der Waals surface area (Å²) in [5.74, 6) is 0.533. The molecule has 1 N–H and O–H groups in total. The summed E-state index contributed by atoms with van der Waals surface area (Å²) in [7, 11) is 0. The lowest BCUT2D eigenvalue weighted by molar-refractivity contribution is 0.168. The number of ether oxygens (including phenoxy) is 1. The highest BCUT2D eigenvalue weighted by molar-refractivity contribution is 9.10. The Labute approximate surface area is 125 Å². The van der Waals surface area contributed by atoms with E-state index in [1.807, 2.05) is 24.3 Å². The van der Waals surface area contributed by atoms with Crippen LogP contribution in [0.4, 0.5) is 10.5 Å². The highest BCUT2D eigenvalue weighted by atomic mass is 79.9. The van der Waals surface area contributed by atoms with Crippen LogP contribution in [0.5, 0.6) is 0 Å². The Balaban J connectivity index is 2.05. The molecule has 2 aromatic rings. The minimum absolute atomic E-state index is 0.355. The van der Waals surface area contributed by atoms with Gasteiger partial charge in [-0.15, -0.1) is 0 Å². The fourth-order valence-corrected chi connectivity index (χ4v) is 2.55. The van der Waals surface area contributed by atoms with Crippen LogP contribution in [-0.4, -0.2) is 17.7 Å². The van der Waals surface area contributed by atoms with Crippen LogP contribution in [-0.2, 0) is 4.74 Å². The van der Waals surface area contributed by atoms with Crippen molar-refractivity contribution in [3.63, 3.8) is 0 Å². The molecule has 0 saturated heterocycles. The summed E-state index contributed by atoms with van der Waals surface area (Å²) in [6.45, 7) is 2.14. The number of rotatable bonds is 3. The average molecular weight is 335 g/mol. The van der Waals surface area contributed by atoms with E-state index in [-0.39, 0.29) is 0 Å². The molecule has 1 heterocycles. The topological polar surface area (TPSA) is 51.2 Å². The second kappa shape index (κ2) is 5.40. The third kappa shape index (κ3) is 2.77. The van der Waals surface area contributed by atoms with Crippen molar-refractivity contribution in [1.29, 1.82) is 0 Å². The predicted molar refractivity (Wildman–Crippen MR) is 82.1 cm³/mol. The molecule has 0 unspecified atom stereocenters. The van der Waals surface area contributed by atoms with E-state index in [1.165, 1.54) is 12.8 Å². The number of hydrogen-bond donors (Lipinski definition) is 1. The number of carbonyl (C=O) groups is 1. The van der Waals surface area contributed by atoms with Crippen LogP contribution in [0.15, 0.2) is 28.7 Å². The third-order valence-electron chi connectivity index (χ3n) is 3.30. The van der Waals surface area contributed by atoms with Gasteiger partial charge in [-0.3, -0.25) is 10.3 Å². The molecule has 1 aliphatic carbocycles. The number of amides is 1. The van der Waals surface area contributed by atoms with E-state index in [1.54, 1.807) is 6.92 Å². The maximum absolute atomic E-state index is 11.7. The van der Waals surface area contributed by atoms with Crippen LogP contribution in [0.1, 0.15) is 31.4 Å². The highest BCUT2D eigenvalue weighted by Gasteiger charge is 2.26. The summed E-state index contributed by atoms with van der Waals surface area (Å²) in [6.07, 6.45) is 1.92. The molecule has 0 bridgehead atoms. The molecular weight excluding hydrogens is 320 g/mol. The lowest BCUT2D eigenvalue weighted by Crippen LogP contribution is -2.14. The van der Waals surface area contributed by atoms with E-state index in [0.29, 0.717) is 12.5 Å². The van der Waals surface area contributed by atoms with E-state index in [0.717, 1.165) is 26.8 Å². The van der Waals surface area contributed by atoms with Crippen LogP contribution in [0, 0.1) is 0 Å². The fourth-order valence-electron chi connectivity index (χ4n) is 2.19. The molecule has 3 rings (SSSR count). The molecular formula is C15H15BrN2O2. The summed E-state index contributed by atoms with van der Waals surface area (Å²) in [6, 6.07) is 7.84. The van der Waals surface area contributed by atoms with Crippen LogP contribution >= 0.6 is 15.9 Å². The number of fused-ring (bicyclic) bond motifs is 1. The van der Waals surface area contributed by atoms with Crippen molar-refractivity contribution >= 4 is 38.6 Å². The van der Waals surface area contributed by atoms with E-state index >= 15 is 0 Å². The van der Waals surface area contributed by atoms with Gasteiger partial charge in [0.15, 0.2) is 0 Å². The van der Waals surface area contributed by atoms with Crippen molar-refractivity contribution in [2.24, 2.45) is 0 Å². The minimum atomic E-state index is -0.429. The zero-order valence-electron chi connectivity index (χ0n) is 11.1. The third-order valence-corrected chi connectivity index (χ3v) is 3.79. The van der Waals surface area contributed by atoms with Gasteiger partial charge >= 0.3 is 6.09 Å². The first-order valence-corrected chi connectivity index (χ1v) is 7.50. The lowest BCUT2D eigenvalue weighted by Gasteiger charge is -2.11. The SMILES string of the molecule is CCOC(=O)Nc1cc(C2CC2)nc2ccc(Br)cc12. The summed E-state index contributed by atoms with van der Waals surface area (Å²) < 4.78 is 5.92. The van der Waals surface area contributed by atoms with E-state index < -0.39 is 6.09 Å². The van der Waals surface area contributed by atoms with Crippen molar-refractivity contribution in [1.82, 2.24) is 4.98 Å². The Bertz CT molecular complexity index is 668. The van der Waals surface area contributed by atoms with Gasteiger partial charge in [-0.05, 0) is 44.0 Å². The molecule has 104 valence electrons. The van der Waals surface area contributed by atoms with Crippen molar-refractivity contribution in [3.05, 3.63) is 34.4 Å². The van der Waals surface area contributed by atoms with Gasteiger partial charge in [0.2, 0.25) is 0 Å². The molecule has 20 heavy (non-hydrogen) atoms. The van der Waals surface area contributed by atoms with Gasteiger partial charge < -0.3 is 4.74 Å². The van der Waals surface area contributed by atoms with Gasteiger partial charge in [-0.25, -0.2) is 4.79 Å². The van der Waals surface area contributed by atoms with Crippen LogP contribution in [0.25, 0.3) is 10.9 Å². The van der Waals surface area contributed by atoms with Crippen LogP contribution in [0.3, 0.4) is 0 Å². The molecule has 1 aromatic carbocycles.